The summed E-state index contributed by atoms with van der Waals surface area (Å²) in [6.45, 7) is 7.31. The van der Waals surface area contributed by atoms with Crippen LogP contribution in [0.4, 0.5) is 0 Å². The molecule has 0 aliphatic carbocycles. The summed E-state index contributed by atoms with van der Waals surface area (Å²) in [5.41, 5.74) is 1.71. The number of piperazine rings is 1. The van der Waals surface area contributed by atoms with Gasteiger partial charge in [0.15, 0.2) is 4.96 Å². The fraction of sp³-hybridized carbons (Fsp3) is 0.500. The maximum absolute atomic E-state index is 12.1. The number of thiazole rings is 1. The van der Waals surface area contributed by atoms with Crippen molar-refractivity contribution in [2.24, 2.45) is 0 Å². The summed E-state index contributed by atoms with van der Waals surface area (Å²) in [5.74, 6) is 0.126. The zero-order chi connectivity index (χ0) is 15.0. The second-order valence-corrected chi connectivity index (χ2v) is 6.20. The zero-order valence-electron chi connectivity index (χ0n) is 12.2. The van der Waals surface area contributed by atoms with Crippen molar-refractivity contribution in [2.45, 2.75) is 20.4 Å². The van der Waals surface area contributed by atoms with Gasteiger partial charge in [-0.1, -0.05) is 0 Å². The molecule has 112 valence electrons. The molecule has 2 aromatic rings. The van der Waals surface area contributed by atoms with E-state index in [1.54, 1.807) is 17.4 Å². The molecule has 0 aromatic carbocycles. The van der Waals surface area contributed by atoms with E-state index in [-0.39, 0.29) is 11.5 Å². The summed E-state index contributed by atoms with van der Waals surface area (Å²) in [7, 11) is 0. The zero-order valence-corrected chi connectivity index (χ0v) is 13.0. The van der Waals surface area contributed by atoms with Gasteiger partial charge in [-0.2, -0.15) is 0 Å². The largest absolute Gasteiger partial charge is 0.340 e. The Balaban J connectivity index is 1.74. The van der Waals surface area contributed by atoms with Crippen molar-refractivity contribution in [3.8, 4) is 0 Å². The maximum atomic E-state index is 12.1. The molecule has 1 amide bonds. The third-order valence-electron chi connectivity index (χ3n) is 3.83. The lowest BCUT2D eigenvalue weighted by Crippen LogP contribution is -2.47. The minimum atomic E-state index is -0.0175. The molecule has 0 radical (unpaired) electrons. The number of nitrogens with zero attached hydrogens (tertiary/aromatic N) is 4. The highest BCUT2D eigenvalue weighted by Crippen LogP contribution is 2.13. The third kappa shape index (κ3) is 2.84. The van der Waals surface area contributed by atoms with Crippen LogP contribution in [0.25, 0.3) is 4.96 Å². The van der Waals surface area contributed by atoms with Crippen LogP contribution in [-0.4, -0.2) is 51.3 Å². The highest BCUT2D eigenvalue weighted by Gasteiger charge is 2.19. The van der Waals surface area contributed by atoms with Gasteiger partial charge in [0.25, 0.3) is 5.56 Å². The Bertz CT molecular complexity index is 728. The normalized spacial score (nSPS) is 16.6. The molecule has 1 aliphatic rings. The van der Waals surface area contributed by atoms with Gasteiger partial charge >= 0.3 is 0 Å². The smallest absolute Gasteiger partial charge is 0.259 e. The first-order chi connectivity index (χ1) is 10.0. The highest BCUT2D eigenvalue weighted by molar-refractivity contribution is 7.15. The molecule has 0 bridgehead atoms. The number of carbonyl (C=O) groups is 1. The van der Waals surface area contributed by atoms with Crippen LogP contribution < -0.4 is 5.56 Å². The fourth-order valence-corrected chi connectivity index (χ4v) is 3.52. The molecule has 21 heavy (non-hydrogen) atoms. The minimum absolute atomic E-state index is 0.0175. The summed E-state index contributed by atoms with van der Waals surface area (Å²) in [5, 5.41) is 1.94. The van der Waals surface area contributed by atoms with Gasteiger partial charge < -0.3 is 4.90 Å². The van der Waals surface area contributed by atoms with Crippen molar-refractivity contribution in [2.75, 3.05) is 26.2 Å². The average molecular weight is 306 g/mol. The number of rotatable bonds is 2. The van der Waals surface area contributed by atoms with Gasteiger partial charge in [-0.25, -0.2) is 4.98 Å². The predicted molar refractivity (Wildman–Crippen MR) is 81.6 cm³/mol. The SMILES string of the molecule is CC(=O)N1CCN(Cc2cc(=O)n3c(C)csc3n2)CC1. The molecule has 1 fully saturated rings. The molecule has 2 aromatic heterocycles. The molecule has 1 aliphatic heterocycles. The number of hydrogen-bond donors (Lipinski definition) is 0. The Hall–Kier alpha value is -1.73. The molecular weight excluding hydrogens is 288 g/mol. The van der Waals surface area contributed by atoms with Crippen molar-refractivity contribution in [1.82, 2.24) is 19.2 Å². The predicted octanol–water partition coefficient (Wildman–Crippen LogP) is 0.729. The first kappa shape index (κ1) is 14.2. The van der Waals surface area contributed by atoms with Gasteiger partial charge in [-0.15, -0.1) is 11.3 Å². The number of aromatic nitrogens is 2. The van der Waals surface area contributed by atoms with Gasteiger partial charge in [-0.3, -0.25) is 18.9 Å². The molecule has 7 heteroatoms. The maximum Gasteiger partial charge on any atom is 0.259 e. The van der Waals surface area contributed by atoms with Gasteiger partial charge in [0.2, 0.25) is 5.91 Å². The summed E-state index contributed by atoms with van der Waals surface area (Å²) in [6.07, 6.45) is 0. The van der Waals surface area contributed by atoms with Crippen molar-refractivity contribution in [3.05, 3.63) is 33.2 Å². The van der Waals surface area contributed by atoms with Gasteiger partial charge in [0, 0.05) is 56.8 Å². The Kier molecular flexibility index (Phi) is 3.77. The Morgan fingerprint density at radius 3 is 2.71 bits per heavy atom. The van der Waals surface area contributed by atoms with E-state index in [1.807, 2.05) is 17.2 Å². The van der Waals surface area contributed by atoms with E-state index < -0.39 is 0 Å². The molecular formula is C14H18N4O2S. The molecule has 3 heterocycles. The van der Waals surface area contributed by atoms with E-state index in [0.717, 1.165) is 42.5 Å². The number of aryl methyl sites for hydroxylation is 1. The molecule has 0 N–H and O–H groups in total. The number of hydrogen-bond acceptors (Lipinski definition) is 5. The molecule has 0 atom stereocenters. The molecule has 1 saturated heterocycles. The van der Waals surface area contributed by atoms with Crippen molar-refractivity contribution < 1.29 is 4.79 Å². The molecule has 0 spiro atoms. The first-order valence-electron chi connectivity index (χ1n) is 6.99. The van der Waals surface area contributed by atoms with Crippen LogP contribution in [-0.2, 0) is 11.3 Å². The first-order valence-corrected chi connectivity index (χ1v) is 7.87. The second kappa shape index (κ2) is 5.57. The standard InChI is InChI=1S/C14H18N4O2S/c1-10-9-21-14-15-12(7-13(20)18(10)14)8-16-3-5-17(6-4-16)11(2)19/h7,9H,3-6,8H2,1-2H3. The number of fused-ring (bicyclic) bond motifs is 1. The fourth-order valence-electron chi connectivity index (χ4n) is 2.63. The molecule has 6 nitrogen and oxygen atoms in total. The molecule has 0 unspecified atom stereocenters. The quantitative estimate of drug-likeness (QED) is 0.821. The van der Waals surface area contributed by atoms with Gasteiger partial charge in [-0.05, 0) is 6.92 Å². The minimum Gasteiger partial charge on any atom is -0.340 e. The highest BCUT2D eigenvalue weighted by atomic mass is 32.1. The average Bonchev–Trinajstić information content (AvgIpc) is 2.81. The van der Waals surface area contributed by atoms with E-state index >= 15 is 0 Å². The van der Waals surface area contributed by atoms with Crippen molar-refractivity contribution in [3.63, 3.8) is 0 Å². The van der Waals surface area contributed by atoms with Gasteiger partial charge in [0.05, 0.1) is 5.69 Å². The lowest BCUT2D eigenvalue weighted by atomic mass is 10.3. The number of amides is 1. The van der Waals surface area contributed by atoms with Crippen LogP contribution in [0.1, 0.15) is 18.3 Å². The lowest BCUT2D eigenvalue weighted by molar-refractivity contribution is -0.130. The third-order valence-corrected chi connectivity index (χ3v) is 4.78. The summed E-state index contributed by atoms with van der Waals surface area (Å²) in [4.78, 5) is 32.8. The second-order valence-electron chi connectivity index (χ2n) is 5.36. The van der Waals surface area contributed by atoms with Crippen LogP contribution in [0.2, 0.25) is 0 Å². The van der Waals surface area contributed by atoms with Crippen LogP contribution in [0.15, 0.2) is 16.2 Å². The van der Waals surface area contributed by atoms with Crippen LogP contribution in [0, 0.1) is 6.92 Å². The van der Waals surface area contributed by atoms with E-state index in [9.17, 15) is 9.59 Å². The number of carbonyl (C=O) groups excluding carboxylic acids is 1. The van der Waals surface area contributed by atoms with E-state index in [0.29, 0.717) is 6.54 Å². The van der Waals surface area contributed by atoms with Gasteiger partial charge in [0.1, 0.15) is 0 Å². The summed E-state index contributed by atoms with van der Waals surface area (Å²) >= 11 is 1.49. The van der Waals surface area contributed by atoms with Crippen molar-refractivity contribution in [1.29, 1.82) is 0 Å². The molecule has 3 rings (SSSR count). The van der Waals surface area contributed by atoms with E-state index in [4.69, 9.17) is 0 Å². The monoisotopic (exact) mass is 306 g/mol. The Morgan fingerprint density at radius 1 is 1.33 bits per heavy atom. The summed E-state index contributed by atoms with van der Waals surface area (Å²) in [6, 6.07) is 1.62. The Labute approximate surface area is 126 Å². The van der Waals surface area contributed by atoms with Crippen LogP contribution >= 0.6 is 11.3 Å². The molecule has 0 saturated carbocycles. The van der Waals surface area contributed by atoms with E-state index in [2.05, 4.69) is 9.88 Å². The van der Waals surface area contributed by atoms with Crippen molar-refractivity contribution >= 4 is 22.2 Å². The van der Waals surface area contributed by atoms with Crippen LogP contribution in [0.3, 0.4) is 0 Å². The summed E-state index contributed by atoms with van der Waals surface area (Å²) < 4.78 is 1.64. The lowest BCUT2D eigenvalue weighted by Gasteiger charge is -2.33. The van der Waals surface area contributed by atoms with Crippen LogP contribution in [0.5, 0.6) is 0 Å². The Morgan fingerprint density at radius 2 is 2.05 bits per heavy atom. The van der Waals surface area contributed by atoms with E-state index in [1.165, 1.54) is 11.3 Å². The topological polar surface area (TPSA) is 57.9 Å².